The molecule has 0 heterocycles. The molecule has 0 aromatic heterocycles. The van der Waals surface area contributed by atoms with Crippen LogP contribution in [0, 0.1) is 46.8 Å². The van der Waals surface area contributed by atoms with Gasteiger partial charge in [0.2, 0.25) is 34.8 Å². The predicted octanol–water partition coefficient (Wildman–Crippen LogP) is 4.45. The number of halogens is 5. The molecule has 10 heteroatoms. The summed E-state index contributed by atoms with van der Waals surface area (Å²) in [6.07, 6.45) is 3.17. The Hall–Kier alpha value is -3.01. The summed E-state index contributed by atoms with van der Waals surface area (Å²) < 4.78 is 72.9. The minimum Gasteiger partial charge on any atom is -0.419 e. The molecular formula is C22H18F5NO4. The zero-order chi connectivity index (χ0) is 23.0. The summed E-state index contributed by atoms with van der Waals surface area (Å²) in [4.78, 5) is 30.1. The zero-order valence-electron chi connectivity index (χ0n) is 16.5. The number of carbonyl (C=O) groups is 2. The van der Waals surface area contributed by atoms with Crippen LogP contribution in [0.2, 0.25) is 0 Å². The van der Waals surface area contributed by atoms with Crippen molar-refractivity contribution in [3.05, 3.63) is 65.0 Å². The standard InChI is InChI=1S/C22H18F5NO4/c23-14-15(24)17(26)20(18(27)16(14)25)31-22(30)19(13(10-6-7-10)11-8-9-11)28-32-21(29)12-4-2-1-3-5-12/h1-5,10-11,13,19,28H,6-9H2/t19-/m0/s1. The van der Waals surface area contributed by atoms with E-state index in [2.05, 4.69) is 10.2 Å². The second-order valence-electron chi connectivity index (χ2n) is 7.92. The van der Waals surface area contributed by atoms with E-state index in [4.69, 9.17) is 4.84 Å². The first kappa shape index (κ1) is 22.2. The molecule has 1 N–H and O–H groups in total. The quantitative estimate of drug-likeness (QED) is 0.159. The highest BCUT2D eigenvalue weighted by molar-refractivity contribution is 5.89. The molecule has 2 aliphatic rings. The topological polar surface area (TPSA) is 64.6 Å². The molecule has 2 aromatic carbocycles. The van der Waals surface area contributed by atoms with Crippen LogP contribution in [0.15, 0.2) is 30.3 Å². The number of ether oxygens (including phenoxy) is 1. The Morgan fingerprint density at radius 2 is 1.31 bits per heavy atom. The van der Waals surface area contributed by atoms with Crippen LogP contribution in [-0.2, 0) is 9.63 Å². The molecule has 2 fully saturated rings. The van der Waals surface area contributed by atoms with Crippen molar-refractivity contribution in [1.29, 1.82) is 0 Å². The number of hydrogen-bond donors (Lipinski definition) is 1. The summed E-state index contributed by atoms with van der Waals surface area (Å²) >= 11 is 0. The van der Waals surface area contributed by atoms with Crippen LogP contribution in [-0.4, -0.2) is 18.0 Å². The molecule has 0 bridgehead atoms. The maximum atomic E-state index is 14.0. The van der Waals surface area contributed by atoms with Gasteiger partial charge in [-0.2, -0.15) is 8.78 Å². The number of rotatable bonds is 8. The van der Waals surface area contributed by atoms with Gasteiger partial charge in [-0.1, -0.05) is 18.2 Å². The molecule has 2 saturated carbocycles. The molecule has 0 radical (unpaired) electrons. The van der Waals surface area contributed by atoms with Gasteiger partial charge in [0.05, 0.1) is 5.56 Å². The number of benzene rings is 2. The molecular weight excluding hydrogens is 437 g/mol. The highest BCUT2D eigenvalue weighted by Gasteiger charge is 2.49. The average molecular weight is 455 g/mol. The normalized spacial score (nSPS) is 16.7. The molecule has 2 aromatic rings. The van der Waals surface area contributed by atoms with Crippen molar-refractivity contribution in [2.75, 3.05) is 0 Å². The third kappa shape index (κ3) is 4.45. The fraction of sp³-hybridized carbons (Fsp3) is 0.364. The molecule has 5 nitrogen and oxygen atoms in total. The molecule has 0 spiro atoms. The Bertz CT molecular complexity index is 999. The maximum absolute atomic E-state index is 14.0. The lowest BCUT2D eigenvalue weighted by Crippen LogP contribution is -2.47. The van der Waals surface area contributed by atoms with E-state index in [9.17, 15) is 31.5 Å². The van der Waals surface area contributed by atoms with E-state index in [0.29, 0.717) is 0 Å². The van der Waals surface area contributed by atoms with Gasteiger partial charge in [0.25, 0.3) is 0 Å². The van der Waals surface area contributed by atoms with Gasteiger partial charge in [0.1, 0.15) is 6.04 Å². The van der Waals surface area contributed by atoms with E-state index in [-0.39, 0.29) is 23.3 Å². The first-order valence-corrected chi connectivity index (χ1v) is 10.0. The number of carbonyl (C=O) groups excluding carboxylic acids is 2. The summed E-state index contributed by atoms with van der Waals surface area (Å²) in [5, 5.41) is 0. The van der Waals surface area contributed by atoms with E-state index >= 15 is 0 Å². The lowest BCUT2D eigenvalue weighted by atomic mass is 9.90. The average Bonchev–Trinajstić information content (AvgIpc) is 3.71. The number of esters is 1. The second kappa shape index (κ2) is 8.85. The third-order valence-corrected chi connectivity index (χ3v) is 5.63. The summed E-state index contributed by atoms with van der Waals surface area (Å²) in [7, 11) is 0. The largest absolute Gasteiger partial charge is 0.419 e. The summed E-state index contributed by atoms with van der Waals surface area (Å²) in [5.41, 5.74) is 2.51. The fourth-order valence-corrected chi connectivity index (χ4v) is 3.76. The number of hydrogen-bond acceptors (Lipinski definition) is 5. The van der Waals surface area contributed by atoms with Gasteiger partial charge in [-0.3, -0.25) is 0 Å². The van der Waals surface area contributed by atoms with Crippen LogP contribution in [0.3, 0.4) is 0 Å². The van der Waals surface area contributed by atoms with Crippen LogP contribution in [0.4, 0.5) is 22.0 Å². The summed E-state index contributed by atoms with van der Waals surface area (Å²) in [6, 6.07) is 6.49. The van der Waals surface area contributed by atoms with E-state index in [1.54, 1.807) is 18.2 Å². The van der Waals surface area contributed by atoms with Crippen LogP contribution in [0.1, 0.15) is 36.0 Å². The van der Waals surface area contributed by atoms with Crippen molar-refractivity contribution < 1.29 is 41.1 Å². The van der Waals surface area contributed by atoms with Gasteiger partial charge in [-0.05, 0) is 55.6 Å². The van der Waals surface area contributed by atoms with Crippen molar-refractivity contribution in [2.24, 2.45) is 17.8 Å². The smallest absolute Gasteiger partial charge is 0.356 e. The Labute approximate surface area is 179 Å². The van der Waals surface area contributed by atoms with E-state index in [0.717, 1.165) is 25.7 Å². The summed E-state index contributed by atoms with van der Waals surface area (Å²) in [6.45, 7) is 0. The van der Waals surface area contributed by atoms with Gasteiger partial charge in [0, 0.05) is 0 Å². The lowest BCUT2D eigenvalue weighted by molar-refractivity contribution is -0.143. The highest BCUT2D eigenvalue weighted by Crippen LogP contribution is 2.51. The Kier molecular flexibility index (Phi) is 6.14. The Morgan fingerprint density at radius 3 is 1.81 bits per heavy atom. The first-order valence-electron chi connectivity index (χ1n) is 10.0. The van der Waals surface area contributed by atoms with E-state index in [1.165, 1.54) is 12.1 Å². The van der Waals surface area contributed by atoms with Crippen molar-refractivity contribution >= 4 is 11.9 Å². The predicted molar refractivity (Wildman–Crippen MR) is 99.6 cm³/mol. The second-order valence-corrected chi connectivity index (χ2v) is 7.92. The van der Waals surface area contributed by atoms with Crippen LogP contribution >= 0.6 is 0 Å². The fourth-order valence-electron chi connectivity index (χ4n) is 3.76. The molecule has 32 heavy (non-hydrogen) atoms. The Balaban J connectivity index is 1.57. The molecule has 4 rings (SSSR count). The van der Waals surface area contributed by atoms with E-state index in [1.807, 2.05) is 0 Å². The van der Waals surface area contributed by atoms with Gasteiger partial charge in [0.15, 0.2) is 0 Å². The summed E-state index contributed by atoms with van der Waals surface area (Å²) in [5.74, 6) is -15.4. The van der Waals surface area contributed by atoms with Gasteiger partial charge in [-0.25, -0.2) is 22.8 Å². The lowest BCUT2D eigenvalue weighted by Gasteiger charge is -2.26. The number of nitrogens with one attached hydrogen (secondary N) is 1. The Morgan fingerprint density at radius 1 is 0.812 bits per heavy atom. The highest BCUT2D eigenvalue weighted by atomic mass is 19.2. The maximum Gasteiger partial charge on any atom is 0.356 e. The minimum absolute atomic E-state index is 0.0827. The SMILES string of the molecule is O=C(ON[C@H](C(=O)Oc1c(F)c(F)c(F)c(F)c1F)C(C1CC1)C1CC1)c1ccccc1. The molecule has 0 saturated heterocycles. The molecule has 1 atom stereocenters. The van der Waals surface area contributed by atoms with E-state index < -0.39 is 52.8 Å². The monoisotopic (exact) mass is 455 g/mol. The molecule has 0 amide bonds. The van der Waals surface area contributed by atoms with Gasteiger partial charge >= 0.3 is 11.9 Å². The molecule has 0 aliphatic heterocycles. The molecule has 170 valence electrons. The van der Waals surface area contributed by atoms with Gasteiger partial charge < -0.3 is 9.57 Å². The molecule has 2 aliphatic carbocycles. The number of hydroxylamine groups is 1. The van der Waals surface area contributed by atoms with Crippen LogP contribution in [0.5, 0.6) is 5.75 Å². The zero-order valence-corrected chi connectivity index (χ0v) is 16.5. The minimum atomic E-state index is -2.36. The van der Waals surface area contributed by atoms with Gasteiger partial charge in [-0.15, -0.1) is 5.48 Å². The van der Waals surface area contributed by atoms with Crippen LogP contribution in [0.25, 0.3) is 0 Å². The van der Waals surface area contributed by atoms with Crippen molar-refractivity contribution in [2.45, 2.75) is 31.7 Å². The van der Waals surface area contributed by atoms with Crippen molar-refractivity contribution in [1.82, 2.24) is 5.48 Å². The van der Waals surface area contributed by atoms with Crippen LogP contribution < -0.4 is 10.2 Å². The first-order chi connectivity index (χ1) is 15.3. The third-order valence-electron chi connectivity index (χ3n) is 5.63. The van der Waals surface area contributed by atoms with Crippen molar-refractivity contribution in [3.8, 4) is 5.75 Å². The van der Waals surface area contributed by atoms with Crippen molar-refractivity contribution in [3.63, 3.8) is 0 Å². The molecule has 0 unspecified atom stereocenters.